The third-order valence-electron chi connectivity index (χ3n) is 1.87. The smallest absolute Gasteiger partial charge is 0.267 e. The monoisotopic (exact) mass is 230 g/mol. The van der Waals surface area contributed by atoms with Gasteiger partial charge >= 0.3 is 0 Å². The average molecular weight is 230 g/mol. The zero-order valence-electron chi connectivity index (χ0n) is 9.34. The van der Waals surface area contributed by atoms with Gasteiger partial charge in [-0.2, -0.15) is 8.42 Å². The highest BCUT2D eigenvalue weighted by molar-refractivity contribution is 7.86. The van der Waals surface area contributed by atoms with Gasteiger partial charge in [0.2, 0.25) is 0 Å². The largest absolute Gasteiger partial charge is 0.285 e. The van der Waals surface area contributed by atoms with Crippen LogP contribution in [0.25, 0.3) is 0 Å². The molecule has 1 unspecified atom stereocenters. The van der Waals surface area contributed by atoms with Crippen LogP contribution in [0.15, 0.2) is 30.3 Å². The molecule has 3 nitrogen and oxygen atoms in total. The number of benzene rings is 1. The molecule has 0 radical (unpaired) electrons. The fourth-order valence-electron chi connectivity index (χ4n) is 1.05. The van der Waals surface area contributed by atoms with Crippen LogP contribution in [-0.2, 0) is 16.5 Å². The van der Waals surface area contributed by atoms with Gasteiger partial charge in [0, 0.05) is 0 Å². The normalized spacial score (nSPS) is 12.5. The summed E-state index contributed by atoms with van der Waals surface area (Å²) >= 11 is 0. The van der Waals surface area contributed by atoms with Crippen molar-refractivity contribution in [1.29, 1.82) is 0 Å². The van der Waals surface area contributed by atoms with Gasteiger partial charge in [-0.1, -0.05) is 44.2 Å². The third kappa shape index (κ3) is 5.54. The lowest BCUT2D eigenvalue weighted by Gasteiger charge is -2.06. The predicted octanol–water partition coefficient (Wildman–Crippen LogP) is 2.53. The first-order valence-electron chi connectivity index (χ1n) is 5.00. The lowest BCUT2D eigenvalue weighted by Crippen LogP contribution is -2.18. The first-order valence-corrected chi connectivity index (χ1v) is 6.50. The van der Waals surface area contributed by atoms with Gasteiger partial charge in [0.25, 0.3) is 10.1 Å². The summed E-state index contributed by atoms with van der Waals surface area (Å²) in [6.07, 6.45) is 0.347. The van der Waals surface area contributed by atoms with Crippen molar-refractivity contribution >= 4 is 10.1 Å². The molecule has 4 heteroatoms. The summed E-state index contributed by atoms with van der Waals surface area (Å²) in [5, 5.41) is -0.741. The summed E-state index contributed by atoms with van der Waals surface area (Å²) in [6, 6.07) is 9.21. The molecule has 1 atom stereocenters. The van der Waals surface area contributed by atoms with Crippen LogP contribution in [0.4, 0.5) is 0 Å². The van der Waals surface area contributed by atoms with Crippen molar-refractivity contribution in [1.82, 2.24) is 0 Å². The standard InChI is InChI=1S/C9H12O3S.C2H6/c1-8(13(10,11)12)7-9-5-3-2-4-6-9;1-2/h2-6,8H,7H2,1H3,(H,10,11,12);1-2H3. The fourth-order valence-corrected chi connectivity index (χ4v) is 1.45. The van der Waals surface area contributed by atoms with Gasteiger partial charge in [-0.3, -0.25) is 4.55 Å². The maximum absolute atomic E-state index is 10.7. The minimum atomic E-state index is -3.90. The summed E-state index contributed by atoms with van der Waals surface area (Å²) in [6.45, 7) is 5.49. The van der Waals surface area contributed by atoms with E-state index in [1.165, 1.54) is 6.92 Å². The number of rotatable bonds is 3. The lowest BCUT2D eigenvalue weighted by molar-refractivity contribution is 0.469. The molecule has 1 N–H and O–H groups in total. The predicted molar refractivity (Wildman–Crippen MR) is 62.5 cm³/mol. The lowest BCUT2D eigenvalue weighted by atomic mass is 10.1. The SMILES string of the molecule is CC.CC(Cc1ccccc1)S(=O)(=O)O. The highest BCUT2D eigenvalue weighted by atomic mass is 32.2. The Balaban J connectivity index is 0.000000921. The Hall–Kier alpha value is -0.870. The molecule has 0 fully saturated rings. The zero-order chi connectivity index (χ0) is 11.9. The number of hydrogen-bond donors (Lipinski definition) is 1. The van der Waals surface area contributed by atoms with Crippen LogP contribution in [-0.4, -0.2) is 18.2 Å². The van der Waals surface area contributed by atoms with Crippen LogP contribution in [0.2, 0.25) is 0 Å². The van der Waals surface area contributed by atoms with Crippen LogP contribution in [0.3, 0.4) is 0 Å². The van der Waals surface area contributed by atoms with Crippen LogP contribution < -0.4 is 0 Å². The highest BCUT2D eigenvalue weighted by Gasteiger charge is 2.16. The molecule has 1 aromatic rings. The maximum atomic E-state index is 10.7. The maximum Gasteiger partial charge on any atom is 0.267 e. The van der Waals surface area contributed by atoms with Gasteiger partial charge < -0.3 is 0 Å². The molecule has 0 amide bonds. The second kappa shape index (κ2) is 6.58. The Morgan fingerprint density at radius 3 is 2.07 bits per heavy atom. The van der Waals surface area contributed by atoms with E-state index in [1.807, 2.05) is 44.2 Å². The first kappa shape index (κ1) is 14.1. The van der Waals surface area contributed by atoms with Gasteiger partial charge in [0.15, 0.2) is 0 Å². The van der Waals surface area contributed by atoms with Crippen molar-refractivity contribution < 1.29 is 13.0 Å². The Morgan fingerprint density at radius 2 is 1.67 bits per heavy atom. The van der Waals surface area contributed by atoms with Crippen LogP contribution >= 0.6 is 0 Å². The van der Waals surface area contributed by atoms with Crippen molar-refractivity contribution in [3.63, 3.8) is 0 Å². The summed E-state index contributed by atoms with van der Waals surface area (Å²) in [4.78, 5) is 0. The Kier molecular flexibility index (Phi) is 6.20. The minimum absolute atomic E-state index is 0.347. The van der Waals surface area contributed by atoms with E-state index in [0.29, 0.717) is 6.42 Å². The third-order valence-corrected chi connectivity index (χ3v) is 3.06. The highest BCUT2D eigenvalue weighted by Crippen LogP contribution is 2.07. The van der Waals surface area contributed by atoms with E-state index in [1.54, 1.807) is 0 Å². The van der Waals surface area contributed by atoms with E-state index in [-0.39, 0.29) is 0 Å². The molecule has 0 saturated carbocycles. The average Bonchev–Trinajstić information content (AvgIpc) is 2.21. The van der Waals surface area contributed by atoms with Crippen LogP contribution in [0, 0.1) is 0 Å². The van der Waals surface area contributed by atoms with E-state index >= 15 is 0 Å². The molecule has 15 heavy (non-hydrogen) atoms. The Bertz CT molecular complexity index is 357. The molecular weight excluding hydrogens is 212 g/mol. The molecule has 0 aliphatic heterocycles. The Labute approximate surface area is 91.9 Å². The molecule has 0 saturated heterocycles. The Morgan fingerprint density at radius 1 is 1.20 bits per heavy atom. The molecule has 1 aromatic carbocycles. The topological polar surface area (TPSA) is 54.4 Å². The minimum Gasteiger partial charge on any atom is -0.285 e. The van der Waals surface area contributed by atoms with Gasteiger partial charge in [-0.25, -0.2) is 0 Å². The quantitative estimate of drug-likeness (QED) is 0.812. The van der Waals surface area contributed by atoms with E-state index in [0.717, 1.165) is 5.56 Å². The van der Waals surface area contributed by atoms with Gasteiger partial charge in [-0.15, -0.1) is 0 Å². The summed E-state index contributed by atoms with van der Waals surface area (Å²) in [5.41, 5.74) is 0.910. The number of hydrogen-bond acceptors (Lipinski definition) is 2. The van der Waals surface area contributed by atoms with Gasteiger partial charge in [0.05, 0.1) is 5.25 Å². The molecule has 86 valence electrons. The first-order chi connectivity index (χ1) is 7.00. The fraction of sp³-hybridized carbons (Fsp3) is 0.455. The molecule has 0 heterocycles. The van der Waals surface area contributed by atoms with Crippen molar-refractivity contribution in [2.45, 2.75) is 32.4 Å². The molecule has 0 aliphatic carbocycles. The van der Waals surface area contributed by atoms with E-state index < -0.39 is 15.4 Å². The second-order valence-corrected chi connectivity index (χ2v) is 4.85. The van der Waals surface area contributed by atoms with Gasteiger partial charge in [-0.05, 0) is 18.9 Å². The summed E-state index contributed by atoms with van der Waals surface area (Å²) in [5.74, 6) is 0. The van der Waals surface area contributed by atoms with Crippen LogP contribution in [0.1, 0.15) is 26.3 Å². The van der Waals surface area contributed by atoms with Crippen molar-refractivity contribution in [3.8, 4) is 0 Å². The van der Waals surface area contributed by atoms with Crippen molar-refractivity contribution in [2.24, 2.45) is 0 Å². The molecule has 1 rings (SSSR count). The molecule has 0 spiro atoms. The zero-order valence-corrected chi connectivity index (χ0v) is 10.2. The van der Waals surface area contributed by atoms with E-state index in [9.17, 15) is 8.42 Å². The van der Waals surface area contributed by atoms with Crippen molar-refractivity contribution in [3.05, 3.63) is 35.9 Å². The summed E-state index contributed by atoms with van der Waals surface area (Å²) in [7, 11) is -3.90. The van der Waals surface area contributed by atoms with E-state index in [4.69, 9.17) is 4.55 Å². The summed E-state index contributed by atoms with van der Waals surface area (Å²) < 4.78 is 30.1. The molecular formula is C11H18O3S. The molecule has 0 aromatic heterocycles. The van der Waals surface area contributed by atoms with Gasteiger partial charge in [0.1, 0.15) is 0 Å². The molecule has 0 aliphatic rings. The van der Waals surface area contributed by atoms with Crippen LogP contribution in [0.5, 0.6) is 0 Å². The van der Waals surface area contributed by atoms with E-state index in [2.05, 4.69) is 0 Å². The molecule has 0 bridgehead atoms. The van der Waals surface area contributed by atoms with Crippen molar-refractivity contribution in [2.75, 3.05) is 0 Å². The second-order valence-electron chi connectivity index (χ2n) is 3.02.